The van der Waals surface area contributed by atoms with Gasteiger partial charge in [-0.15, -0.1) is 0 Å². The Balaban J connectivity index is 2.29. The van der Waals surface area contributed by atoms with Crippen molar-refractivity contribution >= 4 is 34.3 Å². The lowest BCUT2D eigenvalue weighted by molar-refractivity contribution is 0.935. The molecule has 0 bridgehead atoms. The summed E-state index contributed by atoms with van der Waals surface area (Å²) < 4.78 is 0. The van der Waals surface area contributed by atoms with Crippen LogP contribution in [0.15, 0.2) is 40.3 Å². The Hall–Kier alpha value is -1.06. The van der Waals surface area contributed by atoms with Crippen molar-refractivity contribution < 1.29 is 0 Å². The van der Waals surface area contributed by atoms with Crippen molar-refractivity contribution in [2.75, 3.05) is 0 Å². The van der Waals surface area contributed by atoms with Crippen molar-refractivity contribution in [3.63, 3.8) is 0 Å². The Morgan fingerprint density at radius 2 is 1.86 bits per heavy atom. The lowest BCUT2D eigenvalue weighted by Crippen LogP contribution is -2.32. The van der Waals surface area contributed by atoms with E-state index in [0.717, 1.165) is 5.56 Å². The van der Waals surface area contributed by atoms with Gasteiger partial charge < -0.3 is 5.32 Å². The quantitative estimate of drug-likeness (QED) is 0.580. The zero-order chi connectivity index (χ0) is 9.97. The molecule has 0 aliphatic carbocycles. The molecule has 72 valence electrons. The molecule has 1 unspecified atom stereocenters. The highest BCUT2D eigenvalue weighted by atomic mass is 35.5. The average molecular weight is 228 g/mol. The second-order valence-corrected chi connectivity index (χ2v) is 3.45. The zero-order valence-corrected chi connectivity index (χ0v) is 8.63. The van der Waals surface area contributed by atoms with E-state index in [4.69, 9.17) is 23.2 Å². The van der Waals surface area contributed by atoms with E-state index in [1.165, 1.54) is 0 Å². The maximum Gasteiger partial charge on any atom is 0.220 e. The standard InChI is InChI=1S/C9H7Cl2N3/c10-8-12-7(13-9(11)14-8)6-4-2-1-3-5-6/h1-5,8H,(H,12,13,14). The van der Waals surface area contributed by atoms with Crippen LogP contribution < -0.4 is 5.32 Å². The summed E-state index contributed by atoms with van der Waals surface area (Å²) in [7, 11) is 0. The third-order valence-corrected chi connectivity index (χ3v) is 2.11. The fraction of sp³-hybridized carbons (Fsp3) is 0.111. The van der Waals surface area contributed by atoms with Crippen LogP contribution in [0.3, 0.4) is 0 Å². The topological polar surface area (TPSA) is 36.8 Å². The highest BCUT2D eigenvalue weighted by molar-refractivity contribution is 6.66. The van der Waals surface area contributed by atoms with Gasteiger partial charge >= 0.3 is 0 Å². The Kier molecular flexibility index (Phi) is 2.70. The molecule has 1 N–H and O–H groups in total. The summed E-state index contributed by atoms with van der Waals surface area (Å²) in [6, 6.07) is 9.61. The summed E-state index contributed by atoms with van der Waals surface area (Å²) in [5.74, 6) is 0.644. The lowest BCUT2D eigenvalue weighted by atomic mass is 10.2. The fourth-order valence-electron chi connectivity index (χ4n) is 1.13. The summed E-state index contributed by atoms with van der Waals surface area (Å²) in [4.78, 5) is 7.91. The molecule has 3 nitrogen and oxygen atoms in total. The van der Waals surface area contributed by atoms with Crippen LogP contribution in [-0.4, -0.2) is 16.8 Å². The van der Waals surface area contributed by atoms with Gasteiger partial charge in [0.05, 0.1) is 0 Å². The van der Waals surface area contributed by atoms with Crippen LogP contribution in [0.25, 0.3) is 0 Å². The van der Waals surface area contributed by atoms with E-state index in [-0.39, 0.29) is 5.29 Å². The minimum absolute atomic E-state index is 0.263. The van der Waals surface area contributed by atoms with Gasteiger partial charge in [0.25, 0.3) is 0 Å². The number of nitrogens with zero attached hydrogens (tertiary/aromatic N) is 2. The van der Waals surface area contributed by atoms with E-state index in [0.29, 0.717) is 5.84 Å². The molecule has 14 heavy (non-hydrogen) atoms. The monoisotopic (exact) mass is 227 g/mol. The van der Waals surface area contributed by atoms with E-state index in [1.807, 2.05) is 30.3 Å². The Bertz CT molecular complexity index is 386. The minimum Gasteiger partial charge on any atom is -0.315 e. The maximum atomic E-state index is 5.76. The Morgan fingerprint density at radius 1 is 1.14 bits per heavy atom. The van der Waals surface area contributed by atoms with Crippen LogP contribution in [0.1, 0.15) is 5.56 Å². The normalized spacial score (nSPS) is 20.9. The molecule has 1 aromatic rings. The van der Waals surface area contributed by atoms with E-state index in [9.17, 15) is 0 Å². The van der Waals surface area contributed by atoms with E-state index in [1.54, 1.807) is 0 Å². The second-order valence-electron chi connectivity index (χ2n) is 2.70. The summed E-state index contributed by atoms with van der Waals surface area (Å²) in [6.07, 6.45) is 0. The molecule has 0 fully saturated rings. The van der Waals surface area contributed by atoms with Crippen molar-refractivity contribution in [1.29, 1.82) is 0 Å². The number of halogens is 2. The molecule has 1 heterocycles. The van der Waals surface area contributed by atoms with Crippen LogP contribution >= 0.6 is 23.2 Å². The van der Waals surface area contributed by atoms with Gasteiger partial charge in [0.2, 0.25) is 5.62 Å². The smallest absolute Gasteiger partial charge is 0.220 e. The average Bonchev–Trinajstić information content (AvgIpc) is 2.18. The number of aliphatic imine (C=N–C) groups is 2. The Morgan fingerprint density at radius 3 is 2.50 bits per heavy atom. The third kappa shape index (κ3) is 2.05. The van der Waals surface area contributed by atoms with Crippen molar-refractivity contribution in [2.24, 2.45) is 9.98 Å². The van der Waals surface area contributed by atoms with Crippen molar-refractivity contribution in [3.8, 4) is 0 Å². The van der Waals surface area contributed by atoms with Crippen LogP contribution in [0.5, 0.6) is 0 Å². The van der Waals surface area contributed by atoms with Gasteiger partial charge in [0, 0.05) is 5.56 Å². The van der Waals surface area contributed by atoms with E-state index < -0.39 is 5.62 Å². The van der Waals surface area contributed by atoms with Gasteiger partial charge in [-0.3, -0.25) is 0 Å². The van der Waals surface area contributed by atoms with Gasteiger partial charge in [-0.25, -0.2) is 9.98 Å². The predicted molar refractivity (Wildman–Crippen MR) is 59.0 cm³/mol. The van der Waals surface area contributed by atoms with Crippen LogP contribution in [0, 0.1) is 0 Å². The molecule has 1 aromatic carbocycles. The number of amidine groups is 2. The molecule has 5 heteroatoms. The van der Waals surface area contributed by atoms with Crippen molar-refractivity contribution in [1.82, 2.24) is 5.32 Å². The third-order valence-electron chi connectivity index (χ3n) is 1.72. The number of alkyl halides is 1. The first-order valence-corrected chi connectivity index (χ1v) is 4.85. The molecule has 0 amide bonds. The van der Waals surface area contributed by atoms with Crippen molar-refractivity contribution in [3.05, 3.63) is 35.9 Å². The van der Waals surface area contributed by atoms with E-state index in [2.05, 4.69) is 15.3 Å². The largest absolute Gasteiger partial charge is 0.315 e. The highest BCUT2D eigenvalue weighted by Gasteiger charge is 2.13. The van der Waals surface area contributed by atoms with Gasteiger partial charge in [-0.2, -0.15) is 0 Å². The molecule has 0 saturated carbocycles. The SMILES string of the molecule is ClC1=NC(Cl)N=C(c2ccccc2)N1. The lowest BCUT2D eigenvalue weighted by Gasteiger charge is -2.14. The molecule has 0 saturated heterocycles. The predicted octanol–water partition coefficient (Wildman–Crippen LogP) is 2.15. The molecule has 0 aromatic heterocycles. The molecule has 0 radical (unpaired) electrons. The number of nitrogens with one attached hydrogen (secondary N) is 1. The minimum atomic E-state index is -0.640. The first-order chi connectivity index (χ1) is 6.75. The Labute approximate surface area is 91.5 Å². The fourth-order valence-corrected chi connectivity index (χ4v) is 1.56. The molecule has 2 rings (SSSR count). The van der Waals surface area contributed by atoms with Crippen LogP contribution in [0.4, 0.5) is 0 Å². The maximum absolute atomic E-state index is 5.76. The molecule has 1 aliphatic rings. The van der Waals surface area contributed by atoms with E-state index >= 15 is 0 Å². The van der Waals surface area contributed by atoms with Gasteiger partial charge in [-0.05, 0) is 11.6 Å². The molecule has 1 aliphatic heterocycles. The molecule has 1 atom stereocenters. The zero-order valence-electron chi connectivity index (χ0n) is 7.11. The van der Waals surface area contributed by atoms with Crippen molar-refractivity contribution in [2.45, 2.75) is 5.62 Å². The summed E-state index contributed by atoms with van der Waals surface area (Å²) in [5, 5.41) is 3.11. The van der Waals surface area contributed by atoms with Gasteiger partial charge in [0.1, 0.15) is 5.84 Å². The number of rotatable bonds is 1. The van der Waals surface area contributed by atoms with Gasteiger partial charge in [0.15, 0.2) is 5.29 Å². The summed E-state index contributed by atoms with van der Waals surface area (Å²) in [6.45, 7) is 0. The van der Waals surface area contributed by atoms with Crippen LogP contribution in [-0.2, 0) is 0 Å². The number of benzene rings is 1. The van der Waals surface area contributed by atoms with Crippen LogP contribution in [0.2, 0.25) is 0 Å². The first kappa shape index (κ1) is 9.49. The molecular weight excluding hydrogens is 221 g/mol. The van der Waals surface area contributed by atoms with Gasteiger partial charge in [-0.1, -0.05) is 41.9 Å². The molecule has 0 spiro atoms. The molecular formula is C9H7Cl2N3. The first-order valence-electron chi connectivity index (χ1n) is 4.03. The number of hydrogen-bond acceptors (Lipinski definition) is 3. The highest BCUT2D eigenvalue weighted by Crippen LogP contribution is 2.10. The second kappa shape index (κ2) is 3.98. The summed E-state index contributed by atoms with van der Waals surface area (Å²) in [5.41, 5.74) is 0.296. The summed E-state index contributed by atoms with van der Waals surface area (Å²) >= 11 is 11.5. The number of hydrogen-bond donors (Lipinski definition) is 1.